The van der Waals surface area contributed by atoms with Crippen molar-refractivity contribution in [1.29, 1.82) is 0 Å². The molecule has 1 aromatic carbocycles. The van der Waals surface area contributed by atoms with Crippen molar-refractivity contribution in [1.82, 2.24) is 4.90 Å². The van der Waals surface area contributed by atoms with Crippen LogP contribution in [0.2, 0.25) is 0 Å². The molecule has 0 aromatic heterocycles. The van der Waals surface area contributed by atoms with Gasteiger partial charge in [-0.15, -0.1) is 0 Å². The molecule has 0 saturated carbocycles. The summed E-state index contributed by atoms with van der Waals surface area (Å²) in [5.74, 6) is -2.43. The lowest BCUT2D eigenvalue weighted by Gasteiger charge is -2.23. The highest BCUT2D eigenvalue weighted by Crippen LogP contribution is 2.12. The molecule has 1 aromatic rings. The first-order chi connectivity index (χ1) is 8.85. The second-order valence-corrected chi connectivity index (χ2v) is 4.60. The smallest absolute Gasteiger partial charge is 0.308 e. The van der Waals surface area contributed by atoms with Gasteiger partial charge in [0, 0.05) is 18.7 Å². The van der Waals surface area contributed by atoms with Gasteiger partial charge in [0.25, 0.3) is 5.91 Å². The maximum absolute atomic E-state index is 13.3. The van der Waals surface area contributed by atoms with Crippen LogP contribution in [0.3, 0.4) is 0 Å². The predicted molar refractivity (Wildman–Crippen MR) is 69.5 cm³/mol. The highest BCUT2D eigenvalue weighted by atomic mass is 19.1. The number of carboxylic acids is 1. The largest absolute Gasteiger partial charge is 0.481 e. The molecule has 0 aliphatic rings. The van der Waals surface area contributed by atoms with Crippen molar-refractivity contribution in [2.24, 2.45) is 5.92 Å². The summed E-state index contributed by atoms with van der Waals surface area (Å²) in [6.07, 6.45) is 0. The summed E-state index contributed by atoms with van der Waals surface area (Å²) in [4.78, 5) is 24.4. The zero-order valence-corrected chi connectivity index (χ0v) is 11.3. The number of aryl methyl sites for hydroxylation is 1. The lowest BCUT2D eigenvalue weighted by Crippen LogP contribution is -2.36. The molecule has 0 radical (unpaired) electrons. The average molecular weight is 267 g/mol. The van der Waals surface area contributed by atoms with Crippen LogP contribution in [0.15, 0.2) is 18.2 Å². The molecule has 1 unspecified atom stereocenters. The third kappa shape index (κ3) is 4.05. The lowest BCUT2D eigenvalue weighted by atomic mass is 10.1. The van der Waals surface area contributed by atoms with Gasteiger partial charge >= 0.3 is 5.97 Å². The Hall–Kier alpha value is -1.91. The van der Waals surface area contributed by atoms with E-state index in [1.54, 1.807) is 19.9 Å². The lowest BCUT2D eigenvalue weighted by molar-refractivity contribution is -0.141. The van der Waals surface area contributed by atoms with Crippen molar-refractivity contribution in [2.75, 3.05) is 13.1 Å². The molecule has 1 atom stereocenters. The molecular weight excluding hydrogens is 249 g/mol. The Morgan fingerprint density at radius 2 is 2.00 bits per heavy atom. The highest BCUT2D eigenvalue weighted by Gasteiger charge is 2.20. The van der Waals surface area contributed by atoms with Crippen molar-refractivity contribution in [3.8, 4) is 0 Å². The van der Waals surface area contributed by atoms with E-state index in [2.05, 4.69) is 0 Å². The quantitative estimate of drug-likeness (QED) is 0.890. The van der Waals surface area contributed by atoms with Crippen LogP contribution in [-0.4, -0.2) is 35.0 Å². The first-order valence-corrected chi connectivity index (χ1v) is 6.14. The summed E-state index contributed by atoms with van der Waals surface area (Å²) < 4.78 is 13.3. The van der Waals surface area contributed by atoms with Crippen LogP contribution in [0, 0.1) is 18.7 Å². The van der Waals surface area contributed by atoms with Gasteiger partial charge < -0.3 is 10.0 Å². The van der Waals surface area contributed by atoms with Crippen LogP contribution in [0.5, 0.6) is 0 Å². The van der Waals surface area contributed by atoms with Crippen molar-refractivity contribution in [3.63, 3.8) is 0 Å². The maximum Gasteiger partial charge on any atom is 0.308 e. The standard InChI is InChI=1S/C14H18FNO3/c1-4-16(8-10(3)14(18)19)13(17)11-5-9(2)6-12(15)7-11/h5-7,10H,4,8H2,1-3H3,(H,18,19). The van der Waals surface area contributed by atoms with Crippen molar-refractivity contribution in [2.45, 2.75) is 20.8 Å². The second-order valence-electron chi connectivity index (χ2n) is 4.60. The molecule has 1 amide bonds. The number of carbonyl (C=O) groups is 2. The van der Waals surface area contributed by atoms with Gasteiger partial charge in [0.1, 0.15) is 5.82 Å². The molecule has 0 aliphatic heterocycles. The monoisotopic (exact) mass is 267 g/mol. The molecular formula is C14H18FNO3. The Kier molecular flexibility index (Phi) is 5.03. The van der Waals surface area contributed by atoms with Crippen LogP contribution in [0.4, 0.5) is 4.39 Å². The number of rotatable bonds is 5. The SMILES string of the molecule is CCN(CC(C)C(=O)O)C(=O)c1cc(C)cc(F)c1. The number of amides is 1. The fourth-order valence-corrected chi connectivity index (χ4v) is 1.81. The molecule has 5 heteroatoms. The summed E-state index contributed by atoms with van der Waals surface area (Å²) in [6, 6.07) is 4.11. The van der Waals surface area contributed by atoms with Gasteiger partial charge in [0.05, 0.1) is 5.92 Å². The molecule has 1 rings (SSSR count). The van der Waals surface area contributed by atoms with E-state index in [9.17, 15) is 14.0 Å². The van der Waals surface area contributed by atoms with Gasteiger partial charge in [-0.1, -0.05) is 6.92 Å². The predicted octanol–water partition coefficient (Wildman–Crippen LogP) is 2.32. The third-order valence-corrected chi connectivity index (χ3v) is 2.87. The summed E-state index contributed by atoms with van der Waals surface area (Å²) in [5.41, 5.74) is 0.905. The van der Waals surface area contributed by atoms with Gasteiger partial charge in [0.15, 0.2) is 0 Å². The van der Waals surface area contributed by atoms with Gasteiger partial charge in [-0.3, -0.25) is 9.59 Å². The van der Waals surface area contributed by atoms with Crippen LogP contribution >= 0.6 is 0 Å². The van der Waals surface area contributed by atoms with Crippen molar-refractivity contribution < 1.29 is 19.1 Å². The van der Waals surface area contributed by atoms with E-state index in [0.717, 1.165) is 0 Å². The minimum atomic E-state index is -0.957. The van der Waals surface area contributed by atoms with E-state index < -0.39 is 17.7 Å². The normalized spacial score (nSPS) is 12.0. The summed E-state index contributed by atoms with van der Waals surface area (Å²) in [7, 11) is 0. The Balaban J connectivity index is 2.92. The molecule has 0 spiro atoms. The molecule has 0 bridgehead atoms. The Bertz CT molecular complexity index is 467. The van der Waals surface area contributed by atoms with Crippen LogP contribution in [0.1, 0.15) is 29.8 Å². The van der Waals surface area contributed by atoms with Crippen LogP contribution in [0.25, 0.3) is 0 Å². The Labute approximate surface area is 111 Å². The molecule has 0 fully saturated rings. The summed E-state index contributed by atoms with van der Waals surface area (Å²) >= 11 is 0. The van der Waals surface area contributed by atoms with Crippen molar-refractivity contribution >= 4 is 11.9 Å². The molecule has 19 heavy (non-hydrogen) atoms. The van der Waals surface area contributed by atoms with Gasteiger partial charge in [-0.05, 0) is 37.6 Å². The maximum atomic E-state index is 13.3. The number of benzene rings is 1. The zero-order valence-electron chi connectivity index (χ0n) is 11.3. The van der Waals surface area contributed by atoms with Gasteiger partial charge in [-0.2, -0.15) is 0 Å². The number of nitrogens with zero attached hydrogens (tertiary/aromatic N) is 1. The first-order valence-electron chi connectivity index (χ1n) is 6.14. The number of carboxylic acid groups (broad SMARTS) is 1. The summed E-state index contributed by atoms with van der Waals surface area (Å²) in [6.45, 7) is 5.50. The highest BCUT2D eigenvalue weighted by molar-refractivity contribution is 5.94. The Morgan fingerprint density at radius 1 is 1.37 bits per heavy atom. The van der Waals surface area contributed by atoms with Crippen LogP contribution < -0.4 is 0 Å². The third-order valence-electron chi connectivity index (χ3n) is 2.87. The number of carbonyl (C=O) groups excluding carboxylic acids is 1. The second kappa shape index (κ2) is 6.31. The van der Waals surface area contributed by atoms with E-state index in [0.29, 0.717) is 12.1 Å². The minimum absolute atomic E-state index is 0.111. The number of hydrogen-bond donors (Lipinski definition) is 1. The van der Waals surface area contributed by atoms with Crippen molar-refractivity contribution in [3.05, 3.63) is 35.1 Å². The first kappa shape index (κ1) is 15.1. The van der Waals surface area contributed by atoms with E-state index in [1.165, 1.54) is 24.0 Å². The molecule has 1 N–H and O–H groups in total. The molecule has 4 nitrogen and oxygen atoms in total. The van der Waals surface area contributed by atoms with Gasteiger partial charge in [0.2, 0.25) is 0 Å². The molecule has 0 aliphatic carbocycles. The Morgan fingerprint density at radius 3 is 2.47 bits per heavy atom. The van der Waals surface area contributed by atoms with E-state index >= 15 is 0 Å². The fourth-order valence-electron chi connectivity index (χ4n) is 1.81. The van der Waals surface area contributed by atoms with E-state index in [4.69, 9.17) is 5.11 Å². The number of aliphatic carboxylic acids is 1. The minimum Gasteiger partial charge on any atom is -0.481 e. The topological polar surface area (TPSA) is 57.6 Å². The number of hydrogen-bond acceptors (Lipinski definition) is 2. The summed E-state index contributed by atoms with van der Waals surface area (Å²) in [5, 5.41) is 8.87. The number of halogens is 1. The van der Waals surface area contributed by atoms with Crippen LogP contribution in [-0.2, 0) is 4.79 Å². The average Bonchev–Trinajstić information content (AvgIpc) is 2.33. The fraction of sp³-hybridized carbons (Fsp3) is 0.429. The molecule has 0 heterocycles. The van der Waals surface area contributed by atoms with E-state index in [-0.39, 0.29) is 18.0 Å². The van der Waals surface area contributed by atoms with Gasteiger partial charge in [-0.25, -0.2) is 4.39 Å². The zero-order chi connectivity index (χ0) is 14.6. The molecule has 0 saturated heterocycles. The van der Waals surface area contributed by atoms with E-state index in [1.807, 2.05) is 0 Å². The molecule has 104 valence electrons.